The van der Waals surface area contributed by atoms with E-state index in [0.29, 0.717) is 23.6 Å². The highest BCUT2D eigenvalue weighted by Gasteiger charge is 2.33. The molecule has 2 N–H and O–H groups in total. The monoisotopic (exact) mass is 558 g/mol. The number of nitrogens with zero attached hydrogens (tertiary/aromatic N) is 3. The van der Waals surface area contributed by atoms with Crippen LogP contribution in [0.25, 0.3) is 16.6 Å². The molecule has 7 nitrogen and oxygen atoms in total. The van der Waals surface area contributed by atoms with Crippen LogP contribution in [0.1, 0.15) is 42.5 Å². The molecule has 0 spiro atoms. The van der Waals surface area contributed by atoms with Gasteiger partial charge in [0.1, 0.15) is 5.82 Å². The topological polar surface area (TPSA) is 87.5 Å². The van der Waals surface area contributed by atoms with Crippen LogP contribution in [0, 0.1) is 11.6 Å². The molecule has 0 radical (unpaired) electrons. The number of carboxylic acid groups (broad SMARTS) is 1. The number of anilines is 2. The maximum absolute atomic E-state index is 14.5. The molecule has 11 heteroatoms. The molecule has 0 aliphatic heterocycles. The normalized spacial score (nSPS) is 14.0. The van der Waals surface area contributed by atoms with Crippen molar-refractivity contribution in [1.82, 2.24) is 9.78 Å². The number of halogens is 4. The molecule has 0 saturated heterocycles. The zero-order chi connectivity index (χ0) is 27.0. The van der Waals surface area contributed by atoms with E-state index in [1.54, 1.807) is 24.3 Å². The Hall–Kier alpha value is -3.69. The fourth-order valence-electron chi connectivity index (χ4n) is 4.76. The minimum absolute atomic E-state index is 0.0264. The molecular formula is C27H22Cl2F2N4O3. The molecule has 3 aromatic carbocycles. The number of fused-ring (bicyclic) bond motifs is 1. The van der Waals surface area contributed by atoms with Crippen LogP contribution in [-0.2, 0) is 0 Å². The lowest BCUT2D eigenvalue weighted by atomic mass is 9.94. The highest BCUT2D eigenvalue weighted by atomic mass is 35.5. The summed E-state index contributed by atoms with van der Waals surface area (Å²) in [6, 6.07) is 11.9. The Morgan fingerprint density at radius 3 is 2.32 bits per heavy atom. The van der Waals surface area contributed by atoms with Crippen molar-refractivity contribution in [1.29, 1.82) is 0 Å². The van der Waals surface area contributed by atoms with Crippen molar-refractivity contribution in [3.05, 3.63) is 81.8 Å². The number of carbonyl (C=O) groups is 2. The molecule has 0 atom stereocenters. The van der Waals surface area contributed by atoms with E-state index in [-0.39, 0.29) is 39.0 Å². The van der Waals surface area contributed by atoms with E-state index in [4.69, 9.17) is 23.2 Å². The van der Waals surface area contributed by atoms with Crippen molar-refractivity contribution in [2.24, 2.45) is 0 Å². The van der Waals surface area contributed by atoms with Crippen LogP contribution < -0.4 is 10.2 Å². The van der Waals surface area contributed by atoms with Gasteiger partial charge in [-0.15, -0.1) is 0 Å². The van der Waals surface area contributed by atoms with E-state index in [9.17, 15) is 23.5 Å². The van der Waals surface area contributed by atoms with E-state index in [1.165, 1.54) is 27.8 Å². The predicted molar refractivity (Wildman–Crippen MR) is 143 cm³/mol. The number of aromatic carboxylic acids is 1. The summed E-state index contributed by atoms with van der Waals surface area (Å²) in [5, 5.41) is 17.3. The first kappa shape index (κ1) is 25.9. The number of amides is 2. The average molecular weight is 559 g/mol. The Morgan fingerprint density at radius 2 is 1.66 bits per heavy atom. The van der Waals surface area contributed by atoms with Crippen LogP contribution in [0.4, 0.5) is 25.1 Å². The number of aromatic nitrogens is 2. The van der Waals surface area contributed by atoms with Gasteiger partial charge < -0.3 is 10.4 Å². The zero-order valence-corrected chi connectivity index (χ0v) is 21.4. The first-order valence-electron chi connectivity index (χ1n) is 12.0. The largest absolute Gasteiger partial charge is 0.478 e. The number of rotatable bonds is 5. The molecule has 196 valence electrons. The fraction of sp³-hybridized carbons (Fsp3) is 0.222. The fourth-order valence-corrected chi connectivity index (χ4v) is 5.11. The van der Waals surface area contributed by atoms with E-state index in [0.717, 1.165) is 31.4 Å². The molecule has 0 unspecified atom stereocenters. The molecule has 5 rings (SSSR count). The molecule has 1 heterocycles. The maximum Gasteiger partial charge on any atom is 0.335 e. The van der Waals surface area contributed by atoms with Gasteiger partial charge in [0.25, 0.3) is 0 Å². The molecule has 0 bridgehead atoms. The predicted octanol–water partition coefficient (Wildman–Crippen LogP) is 7.68. The number of nitrogens with one attached hydrogen (secondary N) is 1. The zero-order valence-electron chi connectivity index (χ0n) is 19.9. The average Bonchev–Trinajstić information content (AvgIpc) is 3.24. The van der Waals surface area contributed by atoms with Gasteiger partial charge in [0, 0.05) is 22.5 Å². The van der Waals surface area contributed by atoms with Gasteiger partial charge in [-0.3, -0.25) is 4.90 Å². The smallest absolute Gasteiger partial charge is 0.335 e. The van der Waals surface area contributed by atoms with Crippen LogP contribution in [0.15, 0.2) is 54.6 Å². The number of hydrogen-bond acceptors (Lipinski definition) is 3. The third-order valence-corrected chi connectivity index (χ3v) is 7.17. The number of carbonyl (C=O) groups excluding carboxylic acids is 1. The Kier molecular flexibility index (Phi) is 7.23. The number of benzene rings is 3. The van der Waals surface area contributed by atoms with E-state index in [1.807, 2.05) is 0 Å². The number of hydrogen-bond donors (Lipinski definition) is 2. The second kappa shape index (κ2) is 10.6. The van der Waals surface area contributed by atoms with E-state index in [2.05, 4.69) is 10.4 Å². The van der Waals surface area contributed by atoms with Gasteiger partial charge >= 0.3 is 12.0 Å². The van der Waals surface area contributed by atoms with Crippen LogP contribution in [0.3, 0.4) is 0 Å². The summed E-state index contributed by atoms with van der Waals surface area (Å²) in [7, 11) is 0. The van der Waals surface area contributed by atoms with Gasteiger partial charge in [-0.2, -0.15) is 5.10 Å². The van der Waals surface area contributed by atoms with Gasteiger partial charge in [-0.1, -0.05) is 42.5 Å². The summed E-state index contributed by atoms with van der Waals surface area (Å²) < 4.78 is 30.2. The third-order valence-electron chi connectivity index (χ3n) is 6.60. The molecule has 1 saturated carbocycles. The second-order valence-electron chi connectivity index (χ2n) is 9.09. The first-order valence-corrected chi connectivity index (χ1v) is 12.8. The van der Waals surface area contributed by atoms with Gasteiger partial charge in [0.15, 0.2) is 11.6 Å². The van der Waals surface area contributed by atoms with Crippen LogP contribution in [0.5, 0.6) is 0 Å². The highest BCUT2D eigenvalue weighted by Crippen LogP contribution is 2.37. The van der Waals surface area contributed by atoms with Gasteiger partial charge in [-0.05, 0) is 61.4 Å². The summed E-state index contributed by atoms with van der Waals surface area (Å²) in [6.07, 6.45) is 4.18. The van der Waals surface area contributed by atoms with Crippen molar-refractivity contribution in [3.8, 4) is 5.69 Å². The lowest BCUT2D eigenvalue weighted by Crippen LogP contribution is -2.45. The summed E-state index contributed by atoms with van der Waals surface area (Å²) >= 11 is 12.4. The number of urea groups is 1. The van der Waals surface area contributed by atoms with Crippen LogP contribution in [0.2, 0.25) is 10.0 Å². The quantitative estimate of drug-likeness (QED) is 0.263. The molecule has 1 aliphatic carbocycles. The minimum Gasteiger partial charge on any atom is -0.478 e. The maximum atomic E-state index is 14.5. The van der Waals surface area contributed by atoms with Crippen LogP contribution in [-0.4, -0.2) is 32.9 Å². The van der Waals surface area contributed by atoms with Gasteiger partial charge in [0.05, 0.1) is 27.5 Å². The van der Waals surface area contributed by atoms with E-state index >= 15 is 0 Å². The van der Waals surface area contributed by atoms with Gasteiger partial charge in [-0.25, -0.2) is 23.1 Å². The van der Waals surface area contributed by atoms with Crippen molar-refractivity contribution in [2.75, 3.05) is 10.2 Å². The van der Waals surface area contributed by atoms with Crippen molar-refractivity contribution < 1.29 is 23.5 Å². The van der Waals surface area contributed by atoms with Crippen LogP contribution >= 0.6 is 23.2 Å². The molecule has 38 heavy (non-hydrogen) atoms. The van der Waals surface area contributed by atoms with Crippen molar-refractivity contribution in [3.63, 3.8) is 0 Å². The summed E-state index contributed by atoms with van der Waals surface area (Å²) in [5.41, 5.74) is 0.896. The highest BCUT2D eigenvalue weighted by molar-refractivity contribution is 6.34. The Balaban J connectivity index is 1.67. The Bertz CT molecular complexity index is 1540. The summed E-state index contributed by atoms with van der Waals surface area (Å²) in [6.45, 7) is 0. The standard InChI is InChI=1S/C27H22Cl2F2N4O3/c28-16-7-9-18(10-8-16)35-25(19-13-21(30)22(31)14-24(19)33-35)34(17-4-2-1-3-5-17)27(38)32-23-11-6-15(26(36)37)12-20(23)29/h6-14,17H,1-5H2,(H,32,38)(H,36,37). The molecule has 2 amide bonds. The molecule has 1 aliphatic rings. The number of carboxylic acids is 1. The van der Waals surface area contributed by atoms with Crippen molar-refractivity contribution in [2.45, 2.75) is 38.1 Å². The lowest BCUT2D eigenvalue weighted by molar-refractivity contribution is 0.0697. The van der Waals surface area contributed by atoms with Gasteiger partial charge in [0.2, 0.25) is 0 Å². The first-order chi connectivity index (χ1) is 18.2. The third kappa shape index (κ3) is 5.04. The molecule has 4 aromatic rings. The minimum atomic E-state index is -1.15. The molecular weight excluding hydrogens is 537 g/mol. The molecule has 1 aromatic heterocycles. The van der Waals surface area contributed by atoms with E-state index < -0.39 is 23.6 Å². The lowest BCUT2D eigenvalue weighted by Gasteiger charge is -2.34. The molecule has 1 fully saturated rings. The SMILES string of the molecule is O=C(O)c1ccc(NC(=O)N(c2c3cc(F)c(F)cc3nn2-c2ccc(Cl)cc2)C2CCCCC2)c(Cl)c1. The Labute approximate surface area is 226 Å². The van der Waals surface area contributed by atoms with Crippen molar-refractivity contribution >= 4 is 57.6 Å². The second-order valence-corrected chi connectivity index (χ2v) is 9.93. The summed E-state index contributed by atoms with van der Waals surface area (Å²) in [5.74, 6) is -3.00. The Morgan fingerprint density at radius 1 is 0.974 bits per heavy atom. The summed E-state index contributed by atoms with van der Waals surface area (Å²) in [4.78, 5) is 26.7.